The number of hydrogen-bond acceptors (Lipinski definition) is 2. The van der Waals surface area contributed by atoms with Gasteiger partial charge in [0.1, 0.15) is 11.5 Å². The van der Waals surface area contributed by atoms with Crippen LogP contribution in [0.4, 0.5) is 0 Å². The molecule has 0 saturated carbocycles. The van der Waals surface area contributed by atoms with E-state index >= 15 is 0 Å². The number of benzene rings is 1. The van der Waals surface area contributed by atoms with Gasteiger partial charge in [0.25, 0.3) is 0 Å². The van der Waals surface area contributed by atoms with Gasteiger partial charge in [0.15, 0.2) is 0 Å². The van der Waals surface area contributed by atoms with E-state index in [4.69, 9.17) is 9.47 Å². The topological polar surface area (TPSA) is 18.5 Å². The fourth-order valence-corrected chi connectivity index (χ4v) is 1.49. The van der Waals surface area contributed by atoms with Crippen molar-refractivity contribution in [2.45, 2.75) is 6.42 Å². The molecule has 2 nitrogen and oxygen atoms in total. The van der Waals surface area contributed by atoms with Gasteiger partial charge >= 0.3 is 0 Å². The number of ether oxygens (including phenoxy) is 2. The first-order valence-corrected chi connectivity index (χ1v) is 3.59. The molecule has 0 aliphatic heterocycles. The van der Waals surface area contributed by atoms with Gasteiger partial charge < -0.3 is 9.47 Å². The minimum atomic E-state index is 0.942. The second-order valence-corrected chi connectivity index (χ2v) is 2.62. The van der Waals surface area contributed by atoms with E-state index in [1.54, 1.807) is 14.2 Å². The Labute approximate surface area is 65.7 Å². The molecule has 0 spiro atoms. The Bertz CT molecular complexity index is 283. The molecule has 0 atom stereocenters. The number of rotatable bonds is 2. The Morgan fingerprint density at radius 1 is 1.18 bits per heavy atom. The Balaban J connectivity index is 2.49. The van der Waals surface area contributed by atoms with E-state index in [2.05, 4.69) is 0 Å². The number of methoxy groups -OCH3 is 2. The second-order valence-electron chi connectivity index (χ2n) is 2.62. The first-order chi connectivity index (χ1) is 5.36. The molecular weight excluding hydrogens is 140 g/mol. The van der Waals surface area contributed by atoms with Crippen LogP contribution < -0.4 is 9.47 Å². The Morgan fingerprint density at radius 2 is 2.00 bits per heavy atom. The van der Waals surface area contributed by atoms with Crippen LogP contribution in [0.2, 0.25) is 0 Å². The molecule has 2 heteroatoms. The van der Waals surface area contributed by atoms with Gasteiger partial charge in [-0.15, -0.1) is 0 Å². The second kappa shape index (κ2) is 2.16. The van der Waals surface area contributed by atoms with Gasteiger partial charge in [-0.25, -0.2) is 0 Å². The fourth-order valence-electron chi connectivity index (χ4n) is 1.49. The van der Waals surface area contributed by atoms with Crippen LogP contribution >= 0.6 is 0 Å². The summed E-state index contributed by atoms with van der Waals surface area (Å²) in [5.41, 5.74) is 2.48. The zero-order valence-corrected chi connectivity index (χ0v) is 6.68. The summed E-state index contributed by atoms with van der Waals surface area (Å²) in [6, 6.07) is 4.03. The van der Waals surface area contributed by atoms with Crippen molar-refractivity contribution in [3.05, 3.63) is 23.3 Å². The van der Waals surface area contributed by atoms with E-state index in [-0.39, 0.29) is 0 Å². The minimum Gasteiger partial charge on any atom is -0.496 e. The lowest BCUT2D eigenvalue weighted by Gasteiger charge is -2.24. The summed E-state index contributed by atoms with van der Waals surface area (Å²) in [6.07, 6.45) is 1.00. The van der Waals surface area contributed by atoms with Gasteiger partial charge in [0.05, 0.1) is 14.2 Å². The third-order valence-corrected chi connectivity index (χ3v) is 2.09. The van der Waals surface area contributed by atoms with Crippen LogP contribution in [0.1, 0.15) is 11.1 Å². The van der Waals surface area contributed by atoms with E-state index in [1.165, 1.54) is 11.1 Å². The molecule has 2 aliphatic carbocycles. The minimum absolute atomic E-state index is 0.942. The van der Waals surface area contributed by atoms with Crippen molar-refractivity contribution in [2.75, 3.05) is 14.2 Å². The largest absolute Gasteiger partial charge is 0.496 e. The summed E-state index contributed by atoms with van der Waals surface area (Å²) in [5, 5.41) is 0. The molecule has 0 radical (unpaired) electrons. The van der Waals surface area contributed by atoms with Gasteiger partial charge in [-0.3, -0.25) is 0 Å². The molecule has 11 heavy (non-hydrogen) atoms. The Hall–Kier alpha value is -1.18. The molecule has 2 aliphatic rings. The molecule has 58 valence electrons. The standard InChI is InChI=1S/C9H10O2/c1-10-8-4-3-6-5-7(8)9(6)11-2/h3-4H,5H2,1-2H3. The summed E-state index contributed by atoms with van der Waals surface area (Å²) in [7, 11) is 3.38. The highest BCUT2D eigenvalue weighted by Crippen LogP contribution is 2.42. The third-order valence-electron chi connectivity index (χ3n) is 2.09. The molecule has 1 aromatic rings. The molecule has 1 aromatic carbocycles. The smallest absolute Gasteiger partial charge is 0.129 e. The van der Waals surface area contributed by atoms with Crippen molar-refractivity contribution in [3.8, 4) is 11.5 Å². The third kappa shape index (κ3) is 0.723. The highest BCUT2D eigenvalue weighted by atomic mass is 16.5. The van der Waals surface area contributed by atoms with Gasteiger partial charge in [-0.2, -0.15) is 0 Å². The normalized spacial score (nSPS) is 12.2. The van der Waals surface area contributed by atoms with Crippen LogP contribution in [-0.4, -0.2) is 14.2 Å². The Morgan fingerprint density at radius 3 is 2.55 bits per heavy atom. The van der Waals surface area contributed by atoms with Gasteiger partial charge in [0.2, 0.25) is 0 Å². The fraction of sp³-hybridized carbons (Fsp3) is 0.333. The zero-order chi connectivity index (χ0) is 7.84. The lowest BCUT2D eigenvalue weighted by Crippen LogP contribution is -2.09. The molecule has 2 bridgehead atoms. The lowest BCUT2D eigenvalue weighted by molar-refractivity contribution is 0.372. The van der Waals surface area contributed by atoms with Crippen molar-refractivity contribution < 1.29 is 9.47 Å². The molecule has 0 heterocycles. The van der Waals surface area contributed by atoms with Gasteiger partial charge in [-0.1, -0.05) is 6.07 Å². The first kappa shape index (κ1) is 6.53. The van der Waals surface area contributed by atoms with Crippen molar-refractivity contribution in [2.24, 2.45) is 0 Å². The predicted molar refractivity (Wildman–Crippen MR) is 42.4 cm³/mol. The van der Waals surface area contributed by atoms with E-state index in [1.807, 2.05) is 12.1 Å². The molecule has 0 fully saturated rings. The summed E-state index contributed by atoms with van der Waals surface area (Å²) in [5.74, 6) is 1.95. The maximum absolute atomic E-state index is 5.18. The molecule has 0 unspecified atom stereocenters. The van der Waals surface area contributed by atoms with Crippen molar-refractivity contribution in [1.82, 2.24) is 0 Å². The maximum Gasteiger partial charge on any atom is 0.129 e. The lowest BCUT2D eigenvalue weighted by atomic mass is 9.90. The van der Waals surface area contributed by atoms with Crippen molar-refractivity contribution >= 4 is 0 Å². The monoisotopic (exact) mass is 150 g/mol. The van der Waals surface area contributed by atoms with Crippen LogP contribution in [0, 0.1) is 0 Å². The first-order valence-electron chi connectivity index (χ1n) is 3.59. The van der Waals surface area contributed by atoms with Crippen LogP contribution in [-0.2, 0) is 6.42 Å². The van der Waals surface area contributed by atoms with Crippen LogP contribution in [0.5, 0.6) is 11.5 Å². The summed E-state index contributed by atoms with van der Waals surface area (Å²) < 4.78 is 10.3. The number of hydrogen-bond donors (Lipinski definition) is 0. The molecule has 0 aromatic heterocycles. The predicted octanol–water partition coefficient (Wildman–Crippen LogP) is 1.61. The molecule has 0 saturated heterocycles. The van der Waals surface area contributed by atoms with E-state index in [9.17, 15) is 0 Å². The summed E-state index contributed by atoms with van der Waals surface area (Å²) in [4.78, 5) is 0. The van der Waals surface area contributed by atoms with E-state index in [0.29, 0.717) is 0 Å². The summed E-state index contributed by atoms with van der Waals surface area (Å²) in [6.45, 7) is 0. The Kier molecular flexibility index (Phi) is 1.28. The number of fused-ring (bicyclic) bond motifs is 2. The van der Waals surface area contributed by atoms with Crippen molar-refractivity contribution in [3.63, 3.8) is 0 Å². The average Bonchev–Trinajstić information content (AvgIpc) is 2.05. The van der Waals surface area contributed by atoms with E-state index in [0.717, 1.165) is 17.9 Å². The van der Waals surface area contributed by atoms with E-state index < -0.39 is 0 Å². The molecular formula is C9H10O2. The highest BCUT2D eigenvalue weighted by Gasteiger charge is 2.24. The molecule has 0 N–H and O–H groups in total. The van der Waals surface area contributed by atoms with Crippen molar-refractivity contribution in [1.29, 1.82) is 0 Å². The molecule has 3 rings (SSSR count). The van der Waals surface area contributed by atoms with Gasteiger partial charge in [-0.05, 0) is 11.6 Å². The summed E-state index contributed by atoms with van der Waals surface area (Å²) >= 11 is 0. The molecule has 0 amide bonds. The quantitative estimate of drug-likeness (QED) is 0.647. The maximum atomic E-state index is 5.18. The van der Waals surface area contributed by atoms with Crippen LogP contribution in [0.3, 0.4) is 0 Å². The van der Waals surface area contributed by atoms with Crippen LogP contribution in [0.25, 0.3) is 0 Å². The van der Waals surface area contributed by atoms with Gasteiger partial charge in [0, 0.05) is 12.0 Å². The van der Waals surface area contributed by atoms with Crippen LogP contribution in [0.15, 0.2) is 12.1 Å². The zero-order valence-electron chi connectivity index (χ0n) is 6.68. The average molecular weight is 150 g/mol. The SMILES string of the molecule is COc1ccc2c(OC)c1C2. The highest BCUT2D eigenvalue weighted by molar-refractivity contribution is 5.60.